The summed E-state index contributed by atoms with van der Waals surface area (Å²) >= 11 is 3.59. The van der Waals surface area contributed by atoms with Gasteiger partial charge in [0.15, 0.2) is 0 Å². The molecule has 0 saturated carbocycles. The number of hydrogen-bond donors (Lipinski definition) is 1. The smallest absolute Gasteiger partial charge is 0.335 e. The molecule has 1 saturated heterocycles. The van der Waals surface area contributed by atoms with Crippen molar-refractivity contribution in [3.05, 3.63) is 45.9 Å². The largest absolute Gasteiger partial charge is 0.493 e. The molecule has 2 heterocycles. The summed E-state index contributed by atoms with van der Waals surface area (Å²) in [6.45, 7) is 7.82. The Balaban J connectivity index is 1.44. The van der Waals surface area contributed by atoms with E-state index in [-0.39, 0.29) is 11.6 Å². The summed E-state index contributed by atoms with van der Waals surface area (Å²) in [5.74, 6) is 0.652. The van der Waals surface area contributed by atoms with Gasteiger partial charge in [-0.25, -0.2) is 9.48 Å². The van der Waals surface area contributed by atoms with E-state index >= 15 is 0 Å². The number of rotatable bonds is 8. The maximum atomic E-state index is 11.2. The molecule has 4 rings (SSSR count). The highest BCUT2D eigenvalue weighted by Gasteiger charge is 2.24. The van der Waals surface area contributed by atoms with Gasteiger partial charge in [-0.2, -0.15) is 0 Å². The topological polar surface area (TPSA) is 89.7 Å². The van der Waals surface area contributed by atoms with Crippen molar-refractivity contribution in [1.82, 2.24) is 19.9 Å². The number of piperidine rings is 1. The SMILES string of the molecule is CCOc1cc(CN2CCC(n3nnc4cc(C(=O)O)ccc43)CC2)cc(OCC)c1Br. The number of aromatic nitrogens is 3. The van der Waals surface area contributed by atoms with Crippen LogP contribution in [0.3, 0.4) is 0 Å². The Morgan fingerprint density at radius 1 is 1.12 bits per heavy atom. The first-order valence-electron chi connectivity index (χ1n) is 10.9. The minimum atomic E-state index is -0.956. The molecule has 1 aliphatic heterocycles. The van der Waals surface area contributed by atoms with Crippen molar-refractivity contribution in [3.8, 4) is 11.5 Å². The third-order valence-electron chi connectivity index (χ3n) is 5.69. The standard InChI is InChI=1S/C23H27BrN4O4/c1-3-31-20-11-15(12-21(22(20)24)32-4-2)14-27-9-7-17(8-10-27)28-19-6-5-16(23(29)30)13-18(19)25-26-28/h5-6,11-13,17H,3-4,7-10,14H2,1-2H3,(H,29,30). The zero-order chi connectivity index (χ0) is 22.7. The van der Waals surface area contributed by atoms with Gasteiger partial charge in [-0.1, -0.05) is 5.21 Å². The molecule has 1 N–H and O–H groups in total. The predicted octanol–water partition coefficient (Wildman–Crippen LogP) is 4.53. The molecule has 2 aromatic carbocycles. The van der Waals surface area contributed by atoms with Crippen LogP contribution in [-0.2, 0) is 6.54 Å². The van der Waals surface area contributed by atoms with Crippen LogP contribution in [0.4, 0.5) is 0 Å². The number of carbonyl (C=O) groups is 1. The van der Waals surface area contributed by atoms with Crippen molar-refractivity contribution in [3.63, 3.8) is 0 Å². The van der Waals surface area contributed by atoms with Crippen molar-refractivity contribution in [2.75, 3.05) is 26.3 Å². The first kappa shape index (κ1) is 22.5. The van der Waals surface area contributed by atoms with Crippen LogP contribution in [0.15, 0.2) is 34.8 Å². The second-order valence-electron chi connectivity index (χ2n) is 7.82. The van der Waals surface area contributed by atoms with E-state index in [0.29, 0.717) is 18.7 Å². The fourth-order valence-electron chi connectivity index (χ4n) is 4.16. The van der Waals surface area contributed by atoms with Gasteiger partial charge in [0.05, 0.1) is 30.3 Å². The first-order chi connectivity index (χ1) is 15.5. The van der Waals surface area contributed by atoms with Crippen LogP contribution in [0, 0.1) is 0 Å². The molecular weight excluding hydrogens is 476 g/mol. The van der Waals surface area contributed by atoms with E-state index in [2.05, 4.69) is 43.3 Å². The lowest BCUT2D eigenvalue weighted by molar-refractivity contribution is 0.0697. The molecule has 0 bridgehead atoms. The number of aromatic carboxylic acids is 1. The van der Waals surface area contributed by atoms with E-state index in [0.717, 1.165) is 59.5 Å². The summed E-state index contributed by atoms with van der Waals surface area (Å²) < 4.78 is 14.4. The summed E-state index contributed by atoms with van der Waals surface area (Å²) in [5.41, 5.74) is 2.89. The maximum Gasteiger partial charge on any atom is 0.335 e. The van der Waals surface area contributed by atoms with Crippen LogP contribution in [-0.4, -0.2) is 57.3 Å². The number of hydrogen-bond acceptors (Lipinski definition) is 6. The number of halogens is 1. The third-order valence-corrected chi connectivity index (χ3v) is 6.47. The number of fused-ring (bicyclic) bond motifs is 1. The normalized spacial score (nSPS) is 15.2. The van der Waals surface area contributed by atoms with Crippen LogP contribution in [0.5, 0.6) is 11.5 Å². The van der Waals surface area contributed by atoms with Gasteiger partial charge < -0.3 is 14.6 Å². The summed E-state index contributed by atoms with van der Waals surface area (Å²) in [6.07, 6.45) is 1.90. The van der Waals surface area contributed by atoms with Gasteiger partial charge in [-0.05, 0) is 78.5 Å². The Hall–Kier alpha value is -2.65. The quantitative estimate of drug-likeness (QED) is 0.483. The summed E-state index contributed by atoms with van der Waals surface area (Å²) in [6, 6.07) is 9.39. The van der Waals surface area contributed by atoms with Crippen LogP contribution in [0.2, 0.25) is 0 Å². The average Bonchev–Trinajstić information content (AvgIpc) is 3.21. The van der Waals surface area contributed by atoms with E-state index in [1.807, 2.05) is 18.5 Å². The molecule has 1 aliphatic rings. The zero-order valence-electron chi connectivity index (χ0n) is 18.3. The average molecular weight is 503 g/mol. The number of likely N-dealkylation sites (tertiary alicyclic amines) is 1. The van der Waals surface area contributed by atoms with E-state index in [1.54, 1.807) is 18.2 Å². The molecular formula is C23H27BrN4O4. The molecule has 0 atom stereocenters. The molecule has 32 heavy (non-hydrogen) atoms. The molecule has 0 spiro atoms. The molecule has 1 aromatic heterocycles. The predicted molar refractivity (Wildman–Crippen MR) is 125 cm³/mol. The van der Waals surface area contributed by atoms with Gasteiger partial charge in [0.25, 0.3) is 0 Å². The van der Waals surface area contributed by atoms with Gasteiger partial charge in [-0.15, -0.1) is 5.10 Å². The fraction of sp³-hybridized carbons (Fsp3) is 0.435. The molecule has 170 valence electrons. The number of nitrogens with zero attached hydrogens (tertiary/aromatic N) is 4. The second kappa shape index (κ2) is 9.87. The van der Waals surface area contributed by atoms with Gasteiger partial charge in [0, 0.05) is 19.6 Å². The summed E-state index contributed by atoms with van der Waals surface area (Å²) in [7, 11) is 0. The molecule has 0 aliphatic carbocycles. The van der Waals surface area contributed by atoms with Crippen LogP contribution < -0.4 is 9.47 Å². The monoisotopic (exact) mass is 502 g/mol. The number of carboxylic acids is 1. The second-order valence-corrected chi connectivity index (χ2v) is 8.62. The highest BCUT2D eigenvalue weighted by Crippen LogP contribution is 2.37. The van der Waals surface area contributed by atoms with E-state index < -0.39 is 5.97 Å². The molecule has 1 fully saturated rings. The molecule has 8 nitrogen and oxygen atoms in total. The fourth-order valence-corrected chi connectivity index (χ4v) is 4.62. The lowest BCUT2D eigenvalue weighted by Crippen LogP contribution is -2.34. The Kier molecular flexibility index (Phi) is 6.95. The van der Waals surface area contributed by atoms with Gasteiger partial charge in [-0.3, -0.25) is 4.90 Å². The highest BCUT2D eigenvalue weighted by molar-refractivity contribution is 9.10. The van der Waals surface area contributed by atoms with Crippen molar-refractivity contribution >= 4 is 32.9 Å². The van der Waals surface area contributed by atoms with E-state index in [1.165, 1.54) is 0 Å². The van der Waals surface area contributed by atoms with Crippen molar-refractivity contribution in [2.24, 2.45) is 0 Å². The summed E-state index contributed by atoms with van der Waals surface area (Å²) in [4.78, 5) is 13.6. The molecule has 3 aromatic rings. The lowest BCUT2D eigenvalue weighted by atomic mass is 10.0. The van der Waals surface area contributed by atoms with Gasteiger partial charge >= 0.3 is 5.97 Å². The van der Waals surface area contributed by atoms with Crippen LogP contribution in [0.25, 0.3) is 11.0 Å². The maximum absolute atomic E-state index is 11.2. The van der Waals surface area contributed by atoms with Gasteiger partial charge in [0.1, 0.15) is 21.5 Å². The molecule has 0 amide bonds. The third kappa shape index (κ3) is 4.73. The number of carboxylic acid groups (broad SMARTS) is 1. The highest BCUT2D eigenvalue weighted by atomic mass is 79.9. The Bertz CT molecular complexity index is 1080. The van der Waals surface area contributed by atoms with Crippen molar-refractivity contribution in [1.29, 1.82) is 0 Å². The molecule has 9 heteroatoms. The minimum Gasteiger partial charge on any atom is -0.493 e. The zero-order valence-corrected chi connectivity index (χ0v) is 19.8. The van der Waals surface area contributed by atoms with E-state index in [9.17, 15) is 9.90 Å². The van der Waals surface area contributed by atoms with E-state index in [4.69, 9.17) is 9.47 Å². The van der Waals surface area contributed by atoms with Crippen LogP contribution >= 0.6 is 15.9 Å². The summed E-state index contributed by atoms with van der Waals surface area (Å²) in [5, 5.41) is 17.7. The van der Waals surface area contributed by atoms with Crippen molar-refractivity contribution < 1.29 is 19.4 Å². The number of benzene rings is 2. The lowest BCUT2D eigenvalue weighted by Gasteiger charge is -2.32. The Morgan fingerprint density at radius 3 is 2.38 bits per heavy atom. The molecule has 0 radical (unpaired) electrons. The van der Waals surface area contributed by atoms with Crippen molar-refractivity contribution in [2.45, 2.75) is 39.3 Å². The first-order valence-corrected chi connectivity index (χ1v) is 11.7. The Labute approximate surface area is 195 Å². The Morgan fingerprint density at radius 2 is 1.78 bits per heavy atom. The van der Waals surface area contributed by atoms with Crippen LogP contribution in [0.1, 0.15) is 48.7 Å². The number of ether oxygens (including phenoxy) is 2. The minimum absolute atomic E-state index is 0.228. The van der Waals surface area contributed by atoms with Gasteiger partial charge in [0.2, 0.25) is 0 Å². The molecule has 0 unspecified atom stereocenters.